The van der Waals surface area contributed by atoms with Crippen LogP contribution in [0.2, 0.25) is 0 Å². The fourth-order valence-electron chi connectivity index (χ4n) is 1.37. The maximum Gasteiger partial charge on any atom is 0.408 e. The maximum atomic E-state index is 13.5. The molecule has 0 bridgehead atoms. The molecule has 0 rings (SSSR count). The van der Waals surface area contributed by atoms with E-state index in [0.29, 0.717) is 0 Å². The molecule has 6 heteroatoms. The van der Waals surface area contributed by atoms with Gasteiger partial charge in [0, 0.05) is 0 Å². The van der Waals surface area contributed by atoms with Crippen molar-refractivity contribution in [1.29, 1.82) is 0 Å². The minimum Gasteiger partial charge on any atom is -0.444 e. The van der Waals surface area contributed by atoms with E-state index in [1.54, 1.807) is 34.6 Å². The van der Waals surface area contributed by atoms with E-state index in [1.165, 1.54) is 0 Å². The number of alkyl carbamates (subject to hydrolysis) is 1. The van der Waals surface area contributed by atoms with Crippen molar-refractivity contribution in [2.75, 3.05) is 6.61 Å². The molecule has 0 radical (unpaired) electrons. The molecule has 2 N–H and O–H groups in total. The standard InChI is InChI=1S/C12H23F2NO3/c1-8(2)6-9(12(13,14)7-16)15-10(17)18-11(3,4)5/h8-9,16H,6-7H2,1-5H3,(H,15,17)/t9-/m0/s1. The number of rotatable bonds is 5. The molecule has 0 saturated heterocycles. The largest absolute Gasteiger partial charge is 0.444 e. The molecule has 0 aromatic rings. The molecular weight excluding hydrogens is 244 g/mol. The number of nitrogens with one attached hydrogen (secondary N) is 1. The third-order valence-electron chi connectivity index (χ3n) is 2.12. The zero-order valence-corrected chi connectivity index (χ0v) is 11.6. The summed E-state index contributed by atoms with van der Waals surface area (Å²) >= 11 is 0. The molecule has 0 spiro atoms. The highest BCUT2D eigenvalue weighted by atomic mass is 19.3. The van der Waals surface area contributed by atoms with Crippen molar-refractivity contribution in [2.24, 2.45) is 5.92 Å². The number of hydrogen-bond donors (Lipinski definition) is 2. The van der Waals surface area contributed by atoms with Crippen LogP contribution in [0.3, 0.4) is 0 Å². The first-order chi connectivity index (χ1) is 7.98. The predicted octanol–water partition coefficient (Wildman–Crippen LogP) is 2.55. The molecule has 0 heterocycles. The highest BCUT2D eigenvalue weighted by Gasteiger charge is 2.40. The average Bonchev–Trinajstić information content (AvgIpc) is 2.12. The van der Waals surface area contributed by atoms with E-state index in [1.807, 2.05) is 0 Å². The number of carbonyl (C=O) groups excluding carboxylic acids is 1. The smallest absolute Gasteiger partial charge is 0.408 e. The Morgan fingerprint density at radius 1 is 1.33 bits per heavy atom. The number of aliphatic hydroxyl groups excluding tert-OH is 1. The highest BCUT2D eigenvalue weighted by Crippen LogP contribution is 2.23. The van der Waals surface area contributed by atoms with E-state index < -0.39 is 30.3 Å². The van der Waals surface area contributed by atoms with Crippen molar-refractivity contribution in [3.05, 3.63) is 0 Å². The lowest BCUT2D eigenvalue weighted by Crippen LogP contribution is -2.51. The zero-order valence-electron chi connectivity index (χ0n) is 11.6. The molecule has 108 valence electrons. The second kappa shape index (κ2) is 6.31. The van der Waals surface area contributed by atoms with E-state index in [-0.39, 0.29) is 12.3 Å². The lowest BCUT2D eigenvalue weighted by atomic mass is 9.99. The monoisotopic (exact) mass is 267 g/mol. The summed E-state index contributed by atoms with van der Waals surface area (Å²) in [6.07, 6.45) is -0.839. The third kappa shape index (κ3) is 6.74. The summed E-state index contributed by atoms with van der Waals surface area (Å²) in [6.45, 7) is 7.16. The molecule has 0 saturated carbocycles. The van der Waals surface area contributed by atoms with Gasteiger partial charge in [-0.2, -0.15) is 0 Å². The van der Waals surface area contributed by atoms with Crippen LogP contribution in [0.1, 0.15) is 41.0 Å². The second-order valence-electron chi connectivity index (χ2n) is 5.75. The maximum absolute atomic E-state index is 13.5. The average molecular weight is 267 g/mol. The van der Waals surface area contributed by atoms with Gasteiger partial charge >= 0.3 is 6.09 Å². The van der Waals surface area contributed by atoms with Crippen LogP contribution in [0, 0.1) is 5.92 Å². The van der Waals surface area contributed by atoms with Crippen molar-refractivity contribution >= 4 is 6.09 Å². The normalized spacial score (nSPS) is 14.5. The third-order valence-corrected chi connectivity index (χ3v) is 2.12. The Morgan fingerprint density at radius 2 is 1.83 bits per heavy atom. The van der Waals surface area contributed by atoms with Gasteiger partial charge < -0.3 is 15.2 Å². The van der Waals surface area contributed by atoms with Gasteiger partial charge in [0.2, 0.25) is 0 Å². The number of halogens is 2. The molecule has 0 aromatic heterocycles. The summed E-state index contributed by atoms with van der Waals surface area (Å²) in [7, 11) is 0. The van der Waals surface area contributed by atoms with E-state index >= 15 is 0 Å². The number of hydrogen-bond acceptors (Lipinski definition) is 3. The first kappa shape index (κ1) is 17.1. The zero-order chi connectivity index (χ0) is 14.6. The first-order valence-corrected chi connectivity index (χ1v) is 5.96. The molecule has 1 atom stereocenters. The quantitative estimate of drug-likeness (QED) is 0.804. The van der Waals surface area contributed by atoms with Gasteiger partial charge in [0.15, 0.2) is 0 Å². The van der Waals surface area contributed by atoms with Crippen LogP contribution in [-0.2, 0) is 4.74 Å². The Morgan fingerprint density at radius 3 is 2.17 bits per heavy atom. The van der Waals surface area contributed by atoms with Gasteiger partial charge in [-0.1, -0.05) is 13.8 Å². The highest BCUT2D eigenvalue weighted by molar-refractivity contribution is 5.68. The Balaban J connectivity index is 4.65. The Hall–Kier alpha value is -0.910. The van der Waals surface area contributed by atoms with Crippen LogP contribution in [-0.4, -0.2) is 35.4 Å². The second-order valence-corrected chi connectivity index (χ2v) is 5.75. The molecule has 0 aliphatic rings. The van der Waals surface area contributed by atoms with Gasteiger partial charge in [0.05, 0.1) is 6.04 Å². The molecule has 0 aromatic carbocycles. The fraction of sp³-hybridized carbons (Fsp3) is 0.917. The first-order valence-electron chi connectivity index (χ1n) is 5.96. The van der Waals surface area contributed by atoms with E-state index in [0.717, 1.165) is 0 Å². The van der Waals surface area contributed by atoms with E-state index in [4.69, 9.17) is 9.84 Å². The summed E-state index contributed by atoms with van der Waals surface area (Å²) in [5, 5.41) is 10.8. The van der Waals surface area contributed by atoms with Gasteiger partial charge in [0.25, 0.3) is 5.92 Å². The summed E-state index contributed by atoms with van der Waals surface area (Å²) in [5.41, 5.74) is -0.749. The van der Waals surface area contributed by atoms with Crippen LogP contribution >= 0.6 is 0 Å². The SMILES string of the molecule is CC(C)C[C@H](NC(=O)OC(C)(C)C)C(F)(F)CO. The molecule has 0 aliphatic carbocycles. The minimum atomic E-state index is -3.36. The van der Waals surface area contributed by atoms with Gasteiger partial charge in [-0.3, -0.25) is 0 Å². The lowest BCUT2D eigenvalue weighted by molar-refractivity contribution is -0.0843. The molecule has 0 unspecified atom stereocenters. The van der Waals surface area contributed by atoms with E-state index in [2.05, 4.69) is 5.32 Å². The summed E-state index contributed by atoms with van der Waals surface area (Å²) < 4.78 is 31.8. The summed E-state index contributed by atoms with van der Waals surface area (Å²) in [4.78, 5) is 11.5. The van der Waals surface area contributed by atoms with Crippen molar-refractivity contribution in [3.63, 3.8) is 0 Å². The Labute approximate surface area is 107 Å². The van der Waals surface area contributed by atoms with Gasteiger partial charge in [-0.25, -0.2) is 13.6 Å². The number of carbonyl (C=O) groups is 1. The summed E-state index contributed by atoms with van der Waals surface area (Å²) in [6, 6.07) is -1.43. The topological polar surface area (TPSA) is 58.6 Å². The summed E-state index contributed by atoms with van der Waals surface area (Å²) in [5.74, 6) is -3.40. The van der Waals surface area contributed by atoms with Crippen LogP contribution in [0.4, 0.5) is 13.6 Å². The van der Waals surface area contributed by atoms with Crippen LogP contribution < -0.4 is 5.32 Å². The number of aliphatic hydroxyl groups is 1. The van der Waals surface area contributed by atoms with Crippen molar-refractivity contribution in [3.8, 4) is 0 Å². The van der Waals surface area contributed by atoms with Crippen LogP contribution in [0.25, 0.3) is 0 Å². The van der Waals surface area contributed by atoms with Gasteiger partial charge in [-0.15, -0.1) is 0 Å². The fourth-order valence-corrected chi connectivity index (χ4v) is 1.37. The molecule has 0 fully saturated rings. The molecule has 18 heavy (non-hydrogen) atoms. The molecule has 1 amide bonds. The minimum absolute atomic E-state index is 0.0395. The van der Waals surface area contributed by atoms with Crippen LogP contribution in [0.15, 0.2) is 0 Å². The van der Waals surface area contributed by atoms with Crippen LogP contribution in [0.5, 0.6) is 0 Å². The number of alkyl halides is 2. The van der Waals surface area contributed by atoms with Crippen molar-refractivity contribution in [2.45, 2.75) is 58.6 Å². The molecule has 4 nitrogen and oxygen atoms in total. The van der Waals surface area contributed by atoms with Crippen molar-refractivity contribution in [1.82, 2.24) is 5.32 Å². The van der Waals surface area contributed by atoms with Gasteiger partial charge in [-0.05, 0) is 33.1 Å². The number of amides is 1. The number of ether oxygens (including phenoxy) is 1. The van der Waals surface area contributed by atoms with E-state index in [9.17, 15) is 13.6 Å². The predicted molar refractivity (Wildman–Crippen MR) is 64.6 cm³/mol. The van der Waals surface area contributed by atoms with Crippen molar-refractivity contribution < 1.29 is 23.4 Å². The molecular formula is C12H23F2NO3. The molecule has 0 aliphatic heterocycles. The van der Waals surface area contributed by atoms with Gasteiger partial charge in [0.1, 0.15) is 12.2 Å². The Bertz CT molecular complexity index is 275. The Kier molecular flexibility index (Phi) is 5.99. The lowest BCUT2D eigenvalue weighted by Gasteiger charge is -2.29.